The second-order valence-corrected chi connectivity index (χ2v) is 8.14. The van der Waals surface area contributed by atoms with Gasteiger partial charge in [0, 0.05) is 5.39 Å². The molecule has 0 aromatic heterocycles. The third kappa shape index (κ3) is 4.11. The molecule has 0 spiro atoms. The molecule has 0 heterocycles. The van der Waals surface area contributed by atoms with Crippen LogP contribution in [0.15, 0.2) is 59.5 Å². The summed E-state index contributed by atoms with van der Waals surface area (Å²) in [5.74, 6) is -0.189. The summed E-state index contributed by atoms with van der Waals surface area (Å²) in [7, 11) is -3.96. The van der Waals surface area contributed by atoms with Crippen molar-refractivity contribution in [1.29, 1.82) is 0 Å². The van der Waals surface area contributed by atoms with Gasteiger partial charge < -0.3 is 4.74 Å². The topological polar surface area (TPSA) is 72.5 Å². The van der Waals surface area contributed by atoms with E-state index in [9.17, 15) is 13.2 Å². The molecule has 0 saturated carbocycles. The van der Waals surface area contributed by atoms with E-state index < -0.39 is 22.5 Å². The molecule has 27 heavy (non-hydrogen) atoms. The Morgan fingerprint density at radius 1 is 0.963 bits per heavy atom. The van der Waals surface area contributed by atoms with E-state index in [2.05, 4.69) is 4.72 Å². The van der Waals surface area contributed by atoms with Crippen LogP contribution in [-0.2, 0) is 14.8 Å². The van der Waals surface area contributed by atoms with Crippen LogP contribution in [-0.4, -0.2) is 20.9 Å². The van der Waals surface area contributed by atoms with Gasteiger partial charge in [-0.2, -0.15) is 0 Å². The lowest BCUT2D eigenvalue weighted by Crippen LogP contribution is -2.35. The van der Waals surface area contributed by atoms with Gasteiger partial charge in [-0.3, -0.25) is 4.79 Å². The number of sulfonamides is 1. The summed E-state index contributed by atoms with van der Waals surface area (Å²) in [6, 6.07) is 16.7. The number of benzene rings is 3. The predicted molar refractivity (Wildman–Crippen MR) is 105 cm³/mol. The number of hydrogen-bond donors (Lipinski definition) is 1. The number of amides is 1. The van der Waals surface area contributed by atoms with Crippen molar-refractivity contribution in [3.63, 3.8) is 0 Å². The Kier molecular flexibility index (Phi) is 5.19. The number of nitrogens with one attached hydrogen (secondary N) is 1. The van der Waals surface area contributed by atoms with Crippen molar-refractivity contribution in [2.24, 2.45) is 0 Å². The third-order valence-corrected chi connectivity index (χ3v) is 5.91. The van der Waals surface area contributed by atoms with Gasteiger partial charge >= 0.3 is 0 Å². The van der Waals surface area contributed by atoms with Crippen molar-refractivity contribution in [3.05, 3.63) is 71.3 Å². The summed E-state index contributed by atoms with van der Waals surface area (Å²) < 4.78 is 32.9. The van der Waals surface area contributed by atoms with Crippen molar-refractivity contribution in [3.8, 4) is 5.75 Å². The summed E-state index contributed by atoms with van der Waals surface area (Å²) in [6.07, 6.45) is 0. The van der Waals surface area contributed by atoms with Gasteiger partial charge in [0.25, 0.3) is 15.9 Å². The zero-order valence-corrected chi connectivity index (χ0v) is 16.3. The molecule has 0 fully saturated rings. The first-order valence-electron chi connectivity index (χ1n) is 8.52. The van der Waals surface area contributed by atoms with Crippen LogP contribution >= 0.6 is 0 Å². The average Bonchev–Trinajstić information content (AvgIpc) is 2.58. The fraction of sp³-hybridized carbons (Fsp3) is 0.190. The molecule has 3 aromatic carbocycles. The molecule has 6 heteroatoms. The normalized spacial score (nSPS) is 11.4. The molecule has 140 valence electrons. The standard InChI is InChI=1S/C21H21NO4S/c1-14-11-15(2)21(16(3)12-14)27(24,25)22-20(23)13-26-19-10-6-8-17-7-4-5-9-18(17)19/h4-12H,13H2,1-3H3,(H,22,23). The van der Waals surface area contributed by atoms with Crippen LogP contribution < -0.4 is 9.46 Å². The van der Waals surface area contributed by atoms with E-state index in [1.165, 1.54) is 0 Å². The molecule has 1 N–H and O–H groups in total. The minimum atomic E-state index is -3.96. The third-order valence-electron chi connectivity index (χ3n) is 4.23. The number of hydrogen-bond acceptors (Lipinski definition) is 4. The average molecular weight is 383 g/mol. The zero-order chi connectivity index (χ0) is 19.6. The molecule has 0 saturated heterocycles. The molecule has 0 aliphatic carbocycles. The van der Waals surface area contributed by atoms with Crippen LogP contribution in [0.5, 0.6) is 5.75 Å². The number of fused-ring (bicyclic) bond motifs is 1. The zero-order valence-electron chi connectivity index (χ0n) is 15.4. The highest BCUT2D eigenvalue weighted by Crippen LogP contribution is 2.25. The largest absolute Gasteiger partial charge is 0.483 e. The first kappa shape index (κ1) is 18.9. The number of carbonyl (C=O) groups is 1. The second kappa shape index (κ2) is 7.40. The molecule has 0 bridgehead atoms. The minimum Gasteiger partial charge on any atom is -0.483 e. The number of carbonyl (C=O) groups excluding carboxylic acids is 1. The van der Waals surface area contributed by atoms with Crippen LogP contribution in [0.1, 0.15) is 16.7 Å². The van der Waals surface area contributed by atoms with Gasteiger partial charge in [0.05, 0.1) is 4.90 Å². The summed E-state index contributed by atoms with van der Waals surface area (Å²) in [5, 5.41) is 1.84. The molecule has 0 aliphatic rings. The minimum absolute atomic E-state index is 0.131. The molecular weight excluding hydrogens is 362 g/mol. The van der Waals surface area contributed by atoms with Crippen molar-refractivity contribution < 1.29 is 17.9 Å². The van der Waals surface area contributed by atoms with E-state index in [0.29, 0.717) is 16.9 Å². The first-order chi connectivity index (χ1) is 12.8. The monoisotopic (exact) mass is 383 g/mol. The molecule has 0 aliphatic heterocycles. The molecule has 0 unspecified atom stereocenters. The van der Waals surface area contributed by atoms with E-state index in [1.54, 1.807) is 32.0 Å². The Bertz CT molecular complexity index is 1090. The Morgan fingerprint density at radius 3 is 2.30 bits per heavy atom. The van der Waals surface area contributed by atoms with E-state index in [0.717, 1.165) is 16.3 Å². The van der Waals surface area contributed by atoms with Crippen LogP contribution in [0.3, 0.4) is 0 Å². The molecule has 3 aromatic rings. The highest BCUT2D eigenvalue weighted by atomic mass is 32.2. The second-order valence-electron chi connectivity index (χ2n) is 6.52. The fourth-order valence-electron chi connectivity index (χ4n) is 3.29. The Hall–Kier alpha value is -2.86. The maximum atomic E-state index is 12.6. The smallest absolute Gasteiger partial charge is 0.271 e. The van der Waals surface area contributed by atoms with Crippen LogP contribution in [0.4, 0.5) is 0 Å². The molecule has 3 rings (SSSR count). The van der Waals surface area contributed by atoms with Crippen molar-refractivity contribution in [2.75, 3.05) is 6.61 Å². The lowest BCUT2D eigenvalue weighted by molar-refractivity contribution is -0.121. The molecule has 5 nitrogen and oxygen atoms in total. The van der Waals surface area contributed by atoms with Crippen LogP contribution in [0, 0.1) is 20.8 Å². The predicted octanol–water partition coefficient (Wildman–Crippen LogP) is 3.65. The summed E-state index contributed by atoms with van der Waals surface area (Å²) >= 11 is 0. The Morgan fingerprint density at radius 2 is 1.59 bits per heavy atom. The fourth-order valence-corrected chi connectivity index (χ4v) is 4.71. The van der Waals surface area contributed by atoms with Gasteiger partial charge in [-0.05, 0) is 43.4 Å². The number of aryl methyl sites for hydroxylation is 3. The highest BCUT2D eigenvalue weighted by Gasteiger charge is 2.22. The number of rotatable bonds is 5. The lowest BCUT2D eigenvalue weighted by Gasteiger charge is -2.14. The lowest BCUT2D eigenvalue weighted by atomic mass is 10.1. The highest BCUT2D eigenvalue weighted by molar-refractivity contribution is 7.90. The van der Waals surface area contributed by atoms with Crippen molar-refractivity contribution in [1.82, 2.24) is 4.72 Å². The maximum Gasteiger partial charge on any atom is 0.271 e. The van der Waals surface area contributed by atoms with Crippen molar-refractivity contribution >= 4 is 26.7 Å². The van der Waals surface area contributed by atoms with Gasteiger partial charge in [0.2, 0.25) is 0 Å². The van der Waals surface area contributed by atoms with E-state index in [1.807, 2.05) is 43.3 Å². The molecular formula is C21H21NO4S. The van der Waals surface area contributed by atoms with E-state index >= 15 is 0 Å². The van der Waals surface area contributed by atoms with Gasteiger partial charge in [0.1, 0.15) is 5.75 Å². The SMILES string of the molecule is Cc1cc(C)c(S(=O)(=O)NC(=O)COc2cccc3ccccc23)c(C)c1. The number of ether oxygens (including phenoxy) is 1. The molecule has 0 radical (unpaired) electrons. The van der Waals surface area contributed by atoms with Gasteiger partial charge in [-0.1, -0.05) is 54.1 Å². The van der Waals surface area contributed by atoms with Gasteiger partial charge in [-0.25, -0.2) is 13.1 Å². The quantitative estimate of drug-likeness (QED) is 0.730. The Labute approximate surface area is 159 Å². The summed E-state index contributed by atoms with van der Waals surface area (Å²) in [4.78, 5) is 12.3. The van der Waals surface area contributed by atoms with Crippen LogP contribution in [0.2, 0.25) is 0 Å². The van der Waals surface area contributed by atoms with Gasteiger partial charge in [-0.15, -0.1) is 0 Å². The first-order valence-corrected chi connectivity index (χ1v) is 10.0. The summed E-state index contributed by atoms with van der Waals surface area (Å²) in [5.41, 5.74) is 2.17. The van der Waals surface area contributed by atoms with E-state index in [-0.39, 0.29) is 4.90 Å². The van der Waals surface area contributed by atoms with Crippen LogP contribution in [0.25, 0.3) is 10.8 Å². The van der Waals surface area contributed by atoms with Crippen molar-refractivity contribution in [2.45, 2.75) is 25.7 Å². The molecule has 1 amide bonds. The van der Waals surface area contributed by atoms with E-state index in [4.69, 9.17) is 4.74 Å². The maximum absolute atomic E-state index is 12.6. The molecule has 0 atom stereocenters. The Balaban J connectivity index is 1.76. The summed E-state index contributed by atoms with van der Waals surface area (Å²) in [6.45, 7) is 4.93. The van der Waals surface area contributed by atoms with Gasteiger partial charge in [0.15, 0.2) is 6.61 Å².